The molecule has 0 aliphatic carbocycles. The Kier molecular flexibility index (Phi) is 3.74. The molecule has 3 aromatic rings. The molecule has 6 heteroatoms. The summed E-state index contributed by atoms with van der Waals surface area (Å²) < 4.78 is 5.10. The van der Waals surface area contributed by atoms with Gasteiger partial charge in [-0.2, -0.15) is 0 Å². The normalized spacial score (nSPS) is 10.6. The van der Waals surface area contributed by atoms with Crippen molar-refractivity contribution in [2.24, 2.45) is 0 Å². The van der Waals surface area contributed by atoms with Crippen molar-refractivity contribution in [3.63, 3.8) is 0 Å². The molecule has 0 aliphatic heterocycles. The molecule has 2 N–H and O–H groups in total. The SMILES string of the molecule is CCOC(=O)c1c[nH]c2ncnc(-c3cccc(NC)c3)c12. The molecule has 0 fully saturated rings. The number of hydrogen-bond acceptors (Lipinski definition) is 5. The lowest BCUT2D eigenvalue weighted by molar-refractivity contribution is 0.0528. The summed E-state index contributed by atoms with van der Waals surface area (Å²) in [5.41, 5.74) is 3.64. The minimum atomic E-state index is -0.380. The molecule has 0 amide bonds. The summed E-state index contributed by atoms with van der Waals surface area (Å²) in [6.07, 6.45) is 3.10. The predicted molar refractivity (Wildman–Crippen MR) is 84.8 cm³/mol. The van der Waals surface area contributed by atoms with E-state index in [0.717, 1.165) is 11.3 Å². The molecular formula is C16H16N4O2. The van der Waals surface area contributed by atoms with Crippen LogP contribution in [0.2, 0.25) is 0 Å². The molecule has 3 rings (SSSR count). The number of rotatable bonds is 4. The number of fused-ring (bicyclic) bond motifs is 1. The Morgan fingerprint density at radius 3 is 3.00 bits per heavy atom. The standard InChI is InChI=1S/C16H16N4O2/c1-3-22-16(21)12-8-18-15-13(12)14(19-9-20-15)10-5-4-6-11(7-10)17-2/h4-9,17H,3H2,1-2H3,(H,18,19,20). The van der Waals surface area contributed by atoms with Crippen LogP contribution in [0.15, 0.2) is 36.8 Å². The van der Waals surface area contributed by atoms with Gasteiger partial charge in [-0.3, -0.25) is 0 Å². The lowest BCUT2D eigenvalue weighted by Gasteiger charge is -2.07. The van der Waals surface area contributed by atoms with E-state index in [0.29, 0.717) is 28.9 Å². The first kappa shape index (κ1) is 14.1. The number of H-pyrrole nitrogens is 1. The number of anilines is 1. The van der Waals surface area contributed by atoms with Crippen LogP contribution in [-0.2, 0) is 4.74 Å². The van der Waals surface area contributed by atoms with Crippen molar-refractivity contribution in [3.8, 4) is 11.3 Å². The number of esters is 1. The summed E-state index contributed by atoms with van der Waals surface area (Å²) >= 11 is 0. The largest absolute Gasteiger partial charge is 0.462 e. The first-order valence-corrected chi connectivity index (χ1v) is 7.02. The van der Waals surface area contributed by atoms with Crippen LogP contribution in [0.5, 0.6) is 0 Å². The van der Waals surface area contributed by atoms with Gasteiger partial charge in [0.2, 0.25) is 0 Å². The van der Waals surface area contributed by atoms with Crippen LogP contribution in [-0.4, -0.2) is 34.6 Å². The maximum absolute atomic E-state index is 12.1. The lowest BCUT2D eigenvalue weighted by Crippen LogP contribution is -2.04. The Balaban J connectivity index is 2.20. The van der Waals surface area contributed by atoms with Crippen LogP contribution >= 0.6 is 0 Å². The molecule has 0 atom stereocenters. The average molecular weight is 296 g/mol. The molecule has 0 saturated heterocycles. The fourth-order valence-corrected chi connectivity index (χ4v) is 2.37. The lowest BCUT2D eigenvalue weighted by atomic mass is 10.1. The highest BCUT2D eigenvalue weighted by Crippen LogP contribution is 2.29. The maximum atomic E-state index is 12.1. The van der Waals surface area contributed by atoms with E-state index in [1.165, 1.54) is 6.33 Å². The van der Waals surface area contributed by atoms with Gasteiger partial charge in [-0.05, 0) is 19.1 Å². The number of aromatic nitrogens is 3. The Labute approximate surface area is 127 Å². The van der Waals surface area contributed by atoms with E-state index >= 15 is 0 Å². The topological polar surface area (TPSA) is 79.9 Å². The number of nitrogens with zero attached hydrogens (tertiary/aromatic N) is 2. The van der Waals surface area contributed by atoms with E-state index in [4.69, 9.17) is 4.74 Å². The molecule has 6 nitrogen and oxygen atoms in total. The van der Waals surface area contributed by atoms with Gasteiger partial charge in [0, 0.05) is 24.5 Å². The van der Waals surface area contributed by atoms with Crippen LogP contribution in [0.25, 0.3) is 22.3 Å². The van der Waals surface area contributed by atoms with Crippen molar-refractivity contribution in [3.05, 3.63) is 42.4 Å². The summed E-state index contributed by atoms with van der Waals surface area (Å²) in [4.78, 5) is 23.7. The summed E-state index contributed by atoms with van der Waals surface area (Å²) in [5.74, 6) is -0.380. The molecule has 0 unspecified atom stereocenters. The zero-order valence-corrected chi connectivity index (χ0v) is 12.4. The van der Waals surface area contributed by atoms with Gasteiger partial charge in [0.05, 0.1) is 23.3 Å². The smallest absolute Gasteiger partial charge is 0.340 e. The molecule has 0 saturated carbocycles. The molecule has 0 bridgehead atoms. The first-order valence-electron chi connectivity index (χ1n) is 7.02. The monoisotopic (exact) mass is 296 g/mol. The predicted octanol–water partition coefficient (Wildman–Crippen LogP) is 2.84. The van der Waals surface area contributed by atoms with Crippen molar-refractivity contribution in [2.45, 2.75) is 6.92 Å². The van der Waals surface area contributed by atoms with E-state index in [-0.39, 0.29) is 5.97 Å². The molecular weight excluding hydrogens is 280 g/mol. The minimum Gasteiger partial charge on any atom is -0.462 e. The Bertz CT molecular complexity index is 826. The molecule has 22 heavy (non-hydrogen) atoms. The van der Waals surface area contributed by atoms with Gasteiger partial charge >= 0.3 is 5.97 Å². The zero-order chi connectivity index (χ0) is 15.5. The minimum absolute atomic E-state index is 0.323. The van der Waals surface area contributed by atoms with Gasteiger partial charge in [-0.1, -0.05) is 12.1 Å². The zero-order valence-electron chi connectivity index (χ0n) is 12.4. The van der Waals surface area contributed by atoms with Crippen molar-refractivity contribution in [2.75, 3.05) is 19.0 Å². The van der Waals surface area contributed by atoms with Gasteiger partial charge < -0.3 is 15.0 Å². The Hall–Kier alpha value is -2.89. The van der Waals surface area contributed by atoms with Gasteiger partial charge in [0.25, 0.3) is 0 Å². The summed E-state index contributed by atoms with van der Waals surface area (Å²) in [6, 6.07) is 7.82. The molecule has 0 spiro atoms. The third kappa shape index (κ3) is 2.39. The van der Waals surface area contributed by atoms with Gasteiger partial charge in [0.1, 0.15) is 12.0 Å². The van der Waals surface area contributed by atoms with Crippen LogP contribution in [0.1, 0.15) is 17.3 Å². The summed E-state index contributed by atoms with van der Waals surface area (Å²) in [6.45, 7) is 2.10. The molecule has 2 heterocycles. The second-order valence-electron chi connectivity index (χ2n) is 4.70. The van der Waals surface area contributed by atoms with Crippen LogP contribution in [0.4, 0.5) is 5.69 Å². The Morgan fingerprint density at radius 2 is 2.23 bits per heavy atom. The first-order chi connectivity index (χ1) is 10.7. The van der Waals surface area contributed by atoms with Crippen molar-refractivity contribution in [1.82, 2.24) is 15.0 Å². The van der Waals surface area contributed by atoms with Gasteiger partial charge in [0.15, 0.2) is 0 Å². The molecule has 0 aliphatic rings. The summed E-state index contributed by atoms with van der Waals surface area (Å²) in [7, 11) is 1.86. The average Bonchev–Trinajstić information content (AvgIpc) is 2.99. The molecule has 0 radical (unpaired) electrons. The highest BCUT2D eigenvalue weighted by atomic mass is 16.5. The van der Waals surface area contributed by atoms with E-state index in [1.54, 1.807) is 13.1 Å². The van der Waals surface area contributed by atoms with E-state index in [1.807, 2.05) is 31.3 Å². The van der Waals surface area contributed by atoms with Gasteiger partial charge in [-0.15, -0.1) is 0 Å². The quantitative estimate of drug-likeness (QED) is 0.724. The van der Waals surface area contributed by atoms with Crippen LogP contribution in [0, 0.1) is 0 Å². The molecule has 2 aromatic heterocycles. The van der Waals surface area contributed by atoms with Crippen LogP contribution < -0.4 is 5.32 Å². The highest BCUT2D eigenvalue weighted by molar-refractivity contribution is 6.08. The number of hydrogen-bond donors (Lipinski definition) is 2. The van der Waals surface area contributed by atoms with E-state index < -0.39 is 0 Å². The fourth-order valence-electron chi connectivity index (χ4n) is 2.37. The van der Waals surface area contributed by atoms with E-state index in [9.17, 15) is 4.79 Å². The third-order valence-electron chi connectivity index (χ3n) is 3.39. The van der Waals surface area contributed by atoms with Crippen LogP contribution in [0.3, 0.4) is 0 Å². The number of ether oxygens (including phenoxy) is 1. The fraction of sp³-hybridized carbons (Fsp3) is 0.188. The van der Waals surface area contributed by atoms with Crippen molar-refractivity contribution >= 4 is 22.7 Å². The van der Waals surface area contributed by atoms with Crippen molar-refractivity contribution < 1.29 is 9.53 Å². The molecule has 1 aromatic carbocycles. The Morgan fingerprint density at radius 1 is 1.36 bits per heavy atom. The number of carbonyl (C=O) groups is 1. The second-order valence-corrected chi connectivity index (χ2v) is 4.70. The number of carbonyl (C=O) groups excluding carboxylic acids is 1. The molecule has 112 valence electrons. The highest BCUT2D eigenvalue weighted by Gasteiger charge is 2.18. The second kappa shape index (κ2) is 5.85. The summed E-state index contributed by atoms with van der Waals surface area (Å²) in [5, 5.41) is 3.77. The van der Waals surface area contributed by atoms with E-state index in [2.05, 4.69) is 20.3 Å². The van der Waals surface area contributed by atoms with Gasteiger partial charge in [-0.25, -0.2) is 14.8 Å². The maximum Gasteiger partial charge on any atom is 0.340 e. The third-order valence-corrected chi connectivity index (χ3v) is 3.39. The number of nitrogens with one attached hydrogen (secondary N) is 2. The number of benzene rings is 1. The van der Waals surface area contributed by atoms with Crippen molar-refractivity contribution in [1.29, 1.82) is 0 Å². The number of aromatic amines is 1.